The Morgan fingerprint density at radius 2 is 2.38 bits per heavy atom. The number of hydrogen-bond acceptors (Lipinski definition) is 4. The van der Waals surface area contributed by atoms with Crippen LogP contribution in [0.25, 0.3) is 0 Å². The highest BCUT2D eigenvalue weighted by Gasteiger charge is 2.12. The molecule has 0 aromatic heterocycles. The normalized spacial score (nSPS) is 22.4. The van der Waals surface area contributed by atoms with Crippen molar-refractivity contribution in [2.24, 2.45) is 0 Å². The topological polar surface area (TPSA) is 53.5 Å². The quantitative estimate of drug-likeness (QED) is 0.464. The molecule has 0 aliphatic carbocycles. The van der Waals surface area contributed by atoms with E-state index in [1.807, 2.05) is 0 Å². The van der Waals surface area contributed by atoms with E-state index >= 15 is 0 Å². The van der Waals surface area contributed by atoms with Crippen molar-refractivity contribution in [3.8, 4) is 0 Å². The maximum atomic E-state index is 8.44. The van der Waals surface area contributed by atoms with Crippen molar-refractivity contribution in [2.45, 2.75) is 18.9 Å². The van der Waals surface area contributed by atoms with Crippen molar-refractivity contribution in [2.75, 3.05) is 39.5 Å². The molecule has 1 saturated heterocycles. The van der Waals surface area contributed by atoms with Crippen molar-refractivity contribution in [3.05, 3.63) is 0 Å². The minimum absolute atomic E-state index is 0.115. The molecule has 0 radical (unpaired) electrons. The molecule has 0 amide bonds. The first-order chi connectivity index (χ1) is 6.43. The molecule has 1 atom stereocenters. The van der Waals surface area contributed by atoms with Crippen LogP contribution < -0.4 is 10.6 Å². The van der Waals surface area contributed by atoms with Gasteiger partial charge in [-0.1, -0.05) is 0 Å². The Morgan fingerprint density at radius 1 is 1.46 bits per heavy atom. The smallest absolute Gasteiger partial charge is 0.0698 e. The van der Waals surface area contributed by atoms with Crippen LogP contribution in [0.2, 0.25) is 0 Å². The largest absolute Gasteiger partial charge is 0.394 e. The number of ether oxygens (including phenoxy) is 1. The molecule has 1 heterocycles. The first-order valence-electron chi connectivity index (χ1n) is 5.06. The Bertz CT molecular complexity index is 116. The summed E-state index contributed by atoms with van der Waals surface area (Å²) in [5.41, 5.74) is 0. The van der Waals surface area contributed by atoms with Crippen molar-refractivity contribution < 1.29 is 9.84 Å². The average Bonchev–Trinajstić information content (AvgIpc) is 2.63. The Kier molecular flexibility index (Phi) is 6.10. The molecule has 1 rings (SSSR count). The summed E-state index contributed by atoms with van der Waals surface area (Å²) in [7, 11) is 0. The molecular weight excluding hydrogens is 168 g/mol. The second-order valence-corrected chi connectivity index (χ2v) is 3.33. The summed E-state index contributed by atoms with van der Waals surface area (Å²) >= 11 is 0. The van der Waals surface area contributed by atoms with E-state index < -0.39 is 0 Å². The fourth-order valence-corrected chi connectivity index (χ4v) is 1.52. The van der Waals surface area contributed by atoms with E-state index in [0.717, 1.165) is 19.6 Å². The molecule has 1 aliphatic heterocycles. The third-order valence-corrected chi connectivity index (χ3v) is 2.21. The summed E-state index contributed by atoms with van der Waals surface area (Å²) in [6, 6.07) is 0.651. The molecule has 0 aromatic carbocycles. The van der Waals surface area contributed by atoms with Crippen molar-refractivity contribution in [1.82, 2.24) is 10.6 Å². The summed E-state index contributed by atoms with van der Waals surface area (Å²) in [5, 5.41) is 15.2. The Hall–Kier alpha value is -0.160. The summed E-state index contributed by atoms with van der Waals surface area (Å²) in [6.07, 6.45) is 2.58. The molecule has 1 fully saturated rings. The van der Waals surface area contributed by atoms with E-state index in [1.54, 1.807) is 0 Å². The van der Waals surface area contributed by atoms with Gasteiger partial charge in [-0.25, -0.2) is 0 Å². The fraction of sp³-hybridized carbons (Fsp3) is 1.00. The number of hydrogen-bond donors (Lipinski definition) is 3. The molecule has 4 nitrogen and oxygen atoms in total. The summed E-state index contributed by atoms with van der Waals surface area (Å²) in [6.45, 7) is 4.31. The van der Waals surface area contributed by atoms with Gasteiger partial charge in [-0.15, -0.1) is 0 Å². The zero-order valence-corrected chi connectivity index (χ0v) is 8.09. The van der Waals surface area contributed by atoms with Gasteiger partial charge in [0.25, 0.3) is 0 Å². The van der Waals surface area contributed by atoms with Crippen LogP contribution in [-0.2, 0) is 4.74 Å². The fourth-order valence-electron chi connectivity index (χ4n) is 1.52. The van der Waals surface area contributed by atoms with Crippen molar-refractivity contribution >= 4 is 0 Å². The van der Waals surface area contributed by atoms with Gasteiger partial charge in [-0.05, 0) is 19.4 Å². The second-order valence-electron chi connectivity index (χ2n) is 3.33. The zero-order valence-electron chi connectivity index (χ0n) is 8.09. The van der Waals surface area contributed by atoms with Crippen LogP contribution in [0.3, 0.4) is 0 Å². The maximum Gasteiger partial charge on any atom is 0.0698 e. The molecule has 0 aromatic rings. The van der Waals surface area contributed by atoms with Crippen LogP contribution in [-0.4, -0.2) is 50.6 Å². The Labute approximate surface area is 79.7 Å². The summed E-state index contributed by atoms with van der Waals surface area (Å²) in [5.74, 6) is 0. The minimum Gasteiger partial charge on any atom is -0.394 e. The molecule has 3 N–H and O–H groups in total. The number of nitrogens with one attached hydrogen (secondary N) is 2. The van der Waals surface area contributed by atoms with E-state index in [4.69, 9.17) is 9.84 Å². The van der Waals surface area contributed by atoms with Gasteiger partial charge in [-0.3, -0.25) is 0 Å². The summed E-state index contributed by atoms with van der Waals surface area (Å²) in [4.78, 5) is 0. The molecule has 13 heavy (non-hydrogen) atoms. The molecule has 1 aliphatic rings. The van der Waals surface area contributed by atoms with E-state index in [-0.39, 0.29) is 6.61 Å². The molecule has 1 unspecified atom stereocenters. The van der Waals surface area contributed by atoms with Crippen LogP contribution in [0, 0.1) is 0 Å². The molecule has 0 spiro atoms. The van der Waals surface area contributed by atoms with Crippen molar-refractivity contribution in [1.29, 1.82) is 0 Å². The van der Waals surface area contributed by atoms with Crippen LogP contribution in [0.15, 0.2) is 0 Å². The predicted molar refractivity (Wildman–Crippen MR) is 51.8 cm³/mol. The Balaban J connectivity index is 1.78. The minimum atomic E-state index is 0.115. The first kappa shape index (κ1) is 10.9. The lowest BCUT2D eigenvalue weighted by molar-refractivity contribution is 0.0937. The van der Waals surface area contributed by atoms with Gasteiger partial charge in [0.05, 0.1) is 19.8 Å². The lowest BCUT2D eigenvalue weighted by Crippen LogP contribution is -2.35. The monoisotopic (exact) mass is 188 g/mol. The highest BCUT2D eigenvalue weighted by molar-refractivity contribution is 4.75. The van der Waals surface area contributed by atoms with E-state index in [2.05, 4.69) is 10.6 Å². The van der Waals surface area contributed by atoms with Gasteiger partial charge >= 0.3 is 0 Å². The van der Waals surface area contributed by atoms with Crippen LogP contribution >= 0.6 is 0 Å². The second kappa shape index (κ2) is 7.26. The zero-order chi connectivity index (χ0) is 9.36. The van der Waals surface area contributed by atoms with E-state index in [1.165, 1.54) is 12.8 Å². The molecule has 4 heteroatoms. The van der Waals surface area contributed by atoms with Crippen molar-refractivity contribution in [3.63, 3.8) is 0 Å². The van der Waals surface area contributed by atoms with Crippen LogP contribution in [0.4, 0.5) is 0 Å². The number of aliphatic hydroxyl groups is 1. The lowest BCUT2D eigenvalue weighted by Gasteiger charge is -2.11. The van der Waals surface area contributed by atoms with Gasteiger partial charge in [-0.2, -0.15) is 0 Å². The highest BCUT2D eigenvalue weighted by atomic mass is 16.5. The third-order valence-electron chi connectivity index (χ3n) is 2.21. The van der Waals surface area contributed by atoms with Gasteiger partial charge in [0.15, 0.2) is 0 Å². The summed E-state index contributed by atoms with van der Waals surface area (Å²) < 4.78 is 5.11. The van der Waals surface area contributed by atoms with Gasteiger partial charge in [0, 0.05) is 19.1 Å². The van der Waals surface area contributed by atoms with Gasteiger partial charge < -0.3 is 20.5 Å². The molecule has 0 saturated carbocycles. The SMILES string of the molecule is OCCOCCNCC1CCCN1. The number of rotatable bonds is 7. The average molecular weight is 188 g/mol. The van der Waals surface area contributed by atoms with Crippen LogP contribution in [0.5, 0.6) is 0 Å². The standard InChI is InChI=1S/C9H20N2O2/c12-5-7-13-6-4-10-8-9-2-1-3-11-9/h9-12H,1-8H2. The lowest BCUT2D eigenvalue weighted by atomic mass is 10.2. The highest BCUT2D eigenvalue weighted by Crippen LogP contribution is 2.02. The third kappa shape index (κ3) is 5.21. The molecule has 78 valence electrons. The Morgan fingerprint density at radius 3 is 3.08 bits per heavy atom. The molecular formula is C9H20N2O2. The van der Waals surface area contributed by atoms with E-state index in [0.29, 0.717) is 19.3 Å². The van der Waals surface area contributed by atoms with E-state index in [9.17, 15) is 0 Å². The first-order valence-corrected chi connectivity index (χ1v) is 5.06. The predicted octanol–water partition coefficient (Wildman–Crippen LogP) is -0.663. The molecule has 0 bridgehead atoms. The van der Waals surface area contributed by atoms with Crippen LogP contribution in [0.1, 0.15) is 12.8 Å². The number of aliphatic hydroxyl groups excluding tert-OH is 1. The van der Waals surface area contributed by atoms with Gasteiger partial charge in [0.2, 0.25) is 0 Å². The van der Waals surface area contributed by atoms with Gasteiger partial charge in [0.1, 0.15) is 0 Å². The maximum absolute atomic E-state index is 8.44.